The maximum Gasteiger partial charge on any atom is 0.490 e. The average molecular weight is 699 g/mol. The summed E-state index contributed by atoms with van der Waals surface area (Å²) in [5.41, 5.74) is 8.43. The van der Waals surface area contributed by atoms with Crippen molar-refractivity contribution < 1.29 is 36.3 Å². The second kappa shape index (κ2) is 15.7. The van der Waals surface area contributed by atoms with Gasteiger partial charge in [0.05, 0.1) is 24.6 Å². The molecule has 0 aliphatic heterocycles. The van der Waals surface area contributed by atoms with Gasteiger partial charge in [-0.1, -0.05) is 29.5 Å². The number of carbonyl (C=O) groups is 2. The Hall–Kier alpha value is -4.49. The van der Waals surface area contributed by atoms with Crippen LogP contribution in [0.5, 0.6) is 0 Å². The number of nitrogens with two attached hydrogens (primary N) is 1. The first kappa shape index (κ1) is 36.0. The van der Waals surface area contributed by atoms with E-state index in [9.17, 15) is 26.4 Å². The van der Waals surface area contributed by atoms with Crippen molar-refractivity contribution in [1.29, 1.82) is 5.41 Å². The fourth-order valence-corrected chi connectivity index (χ4v) is 7.89. The molecule has 0 spiro atoms. The number of carboxylic acid groups (broad SMARTS) is 1. The summed E-state index contributed by atoms with van der Waals surface area (Å²) in [6, 6.07) is 13.3. The lowest BCUT2D eigenvalue weighted by molar-refractivity contribution is -0.192. The Morgan fingerprint density at radius 2 is 1.85 bits per heavy atom. The normalized spacial score (nSPS) is 11.3. The van der Waals surface area contributed by atoms with Gasteiger partial charge in [0.15, 0.2) is 5.82 Å². The van der Waals surface area contributed by atoms with Crippen LogP contribution in [0.2, 0.25) is 0 Å². The second-order valence-corrected chi connectivity index (χ2v) is 13.4. The number of nitrogens with zero attached hydrogens (tertiary/aromatic N) is 3. The molecule has 0 bridgehead atoms. The maximum atomic E-state index is 13.6. The van der Waals surface area contributed by atoms with Crippen molar-refractivity contribution in [3.8, 4) is 11.1 Å². The van der Waals surface area contributed by atoms with E-state index in [1.807, 2.05) is 25.1 Å². The summed E-state index contributed by atoms with van der Waals surface area (Å²) >= 11 is 2.48. The number of amides is 2. The van der Waals surface area contributed by atoms with Gasteiger partial charge in [-0.05, 0) is 61.4 Å². The zero-order chi connectivity index (χ0) is 34.1. The van der Waals surface area contributed by atoms with Gasteiger partial charge in [0, 0.05) is 18.5 Å². The van der Waals surface area contributed by atoms with Crippen molar-refractivity contribution >= 4 is 56.5 Å². The highest BCUT2D eigenvalue weighted by Crippen LogP contribution is 2.39. The van der Waals surface area contributed by atoms with E-state index in [0.29, 0.717) is 39.1 Å². The molecule has 0 atom stereocenters. The molecule has 0 saturated heterocycles. The largest absolute Gasteiger partial charge is 0.490 e. The molecule has 0 fully saturated rings. The minimum atomic E-state index is -5.08. The van der Waals surface area contributed by atoms with Crippen LogP contribution >= 0.6 is 23.1 Å². The van der Waals surface area contributed by atoms with Crippen LogP contribution in [-0.2, 0) is 21.1 Å². The standard InChI is InChI=1S/C25H28N8O3S3.C2HF3O2/c1-15-7-5-10-18(29-25(34)28-12-4-3-11-21-30-32-33-31-21)22(15)16-8-6-9-17(13-16)39(35,36)20-14-19(23(26)27)38-24(20)37-2;3-2(4,5)1(6)7/h5-10,13-14H,3-4,11-12H2,1-2H3,(H3,26,27)(H2,28,29,34)(H,30,31,32,33);(H,6,7). The van der Waals surface area contributed by atoms with E-state index in [0.717, 1.165) is 24.0 Å². The molecule has 2 aromatic heterocycles. The molecule has 4 aromatic rings. The van der Waals surface area contributed by atoms with E-state index in [4.69, 9.17) is 21.0 Å². The molecule has 0 unspecified atom stereocenters. The van der Waals surface area contributed by atoms with Crippen LogP contribution < -0.4 is 16.4 Å². The minimum absolute atomic E-state index is 0.114. The molecular weight excluding hydrogens is 670 g/mol. The van der Waals surface area contributed by atoms with Crippen molar-refractivity contribution in [2.45, 2.75) is 46.4 Å². The van der Waals surface area contributed by atoms with E-state index in [1.54, 1.807) is 30.5 Å². The molecule has 2 heterocycles. The first-order chi connectivity index (χ1) is 21.6. The van der Waals surface area contributed by atoms with Crippen LogP contribution in [0.4, 0.5) is 23.7 Å². The number of anilines is 1. The molecule has 2 aromatic carbocycles. The van der Waals surface area contributed by atoms with Gasteiger partial charge in [-0.2, -0.15) is 18.4 Å². The second-order valence-electron chi connectivity index (χ2n) is 9.38. The SMILES string of the molecule is CSc1sc(C(=N)N)cc1S(=O)(=O)c1cccc(-c2c(C)cccc2NC(=O)NCCCCc2nn[nH]n2)c1.O=C(O)C(F)(F)F. The number of unbranched alkanes of at least 4 members (excludes halogenated alkanes) is 1. The molecule has 46 heavy (non-hydrogen) atoms. The number of sulfone groups is 1. The third-order valence-corrected chi connectivity index (χ3v) is 10.4. The highest BCUT2D eigenvalue weighted by atomic mass is 32.2. The Morgan fingerprint density at radius 3 is 2.46 bits per heavy atom. The molecule has 7 N–H and O–H groups in total. The number of aryl methyl sites for hydroxylation is 2. The molecule has 246 valence electrons. The first-order valence-electron chi connectivity index (χ1n) is 13.2. The Balaban J connectivity index is 0.000000738. The van der Waals surface area contributed by atoms with Gasteiger partial charge >= 0.3 is 18.2 Å². The highest BCUT2D eigenvalue weighted by Gasteiger charge is 2.38. The van der Waals surface area contributed by atoms with Crippen LogP contribution in [-0.4, -0.2) is 71.0 Å². The number of aliphatic carboxylic acids is 1. The first-order valence-corrected chi connectivity index (χ1v) is 16.7. The topological polar surface area (TPSA) is 217 Å². The third kappa shape index (κ3) is 9.51. The maximum absolute atomic E-state index is 13.6. The number of amidine groups is 1. The van der Waals surface area contributed by atoms with E-state index in [-0.39, 0.29) is 21.7 Å². The number of alkyl halides is 3. The molecule has 0 saturated carbocycles. The van der Waals surface area contributed by atoms with Crippen LogP contribution in [0.3, 0.4) is 0 Å². The number of carbonyl (C=O) groups excluding carboxylic acids is 1. The number of hydrogen-bond acceptors (Lipinski definition) is 10. The monoisotopic (exact) mass is 698 g/mol. The van der Waals surface area contributed by atoms with E-state index >= 15 is 0 Å². The summed E-state index contributed by atoms with van der Waals surface area (Å²) in [6.07, 6.45) is -1.09. The van der Waals surface area contributed by atoms with Crippen molar-refractivity contribution in [3.63, 3.8) is 0 Å². The zero-order valence-electron chi connectivity index (χ0n) is 24.3. The summed E-state index contributed by atoms with van der Waals surface area (Å²) in [7, 11) is -3.88. The molecule has 0 aliphatic rings. The lowest BCUT2D eigenvalue weighted by Gasteiger charge is -2.15. The predicted octanol–water partition coefficient (Wildman–Crippen LogP) is 4.85. The smallest absolute Gasteiger partial charge is 0.475 e. The number of thiophene rings is 1. The molecule has 19 heteroatoms. The number of aromatic nitrogens is 4. The van der Waals surface area contributed by atoms with Gasteiger partial charge in [-0.25, -0.2) is 18.0 Å². The number of nitrogen functional groups attached to an aromatic ring is 1. The van der Waals surface area contributed by atoms with Gasteiger partial charge in [0.1, 0.15) is 5.84 Å². The van der Waals surface area contributed by atoms with Gasteiger partial charge in [-0.15, -0.1) is 33.3 Å². The van der Waals surface area contributed by atoms with E-state index < -0.39 is 22.0 Å². The molecule has 0 aliphatic carbocycles. The van der Waals surface area contributed by atoms with Crippen LogP contribution in [0.1, 0.15) is 29.1 Å². The number of benzene rings is 2. The van der Waals surface area contributed by atoms with Gasteiger partial charge in [0.25, 0.3) is 0 Å². The fourth-order valence-electron chi connectivity index (χ4n) is 3.99. The molecular formula is C27H29F3N8O5S3. The average Bonchev–Trinajstić information content (AvgIpc) is 3.68. The molecule has 13 nitrogen and oxygen atoms in total. The lowest BCUT2D eigenvalue weighted by Crippen LogP contribution is -2.29. The quantitative estimate of drug-likeness (QED) is 0.0541. The Morgan fingerprint density at radius 1 is 1.15 bits per heavy atom. The number of hydrogen-bond donors (Lipinski definition) is 6. The molecule has 0 radical (unpaired) electrons. The van der Waals surface area contributed by atoms with Gasteiger partial charge < -0.3 is 21.5 Å². The Bertz CT molecular complexity index is 1800. The van der Waals surface area contributed by atoms with Crippen molar-refractivity contribution in [2.24, 2.45) is 5.73 Å². The highest BCUT2D eigenvalue weighted by molar-refractivity contribution is 8.01. The van der Waals surface area contributed by atoms with Crippen molar-refractivity contribution in [2.75, 3.05) is 18.1 Å². The van der Waals surface area contributed by atoms with E-state index in [2.05, 4.69) is 31.3 Å². The summed E-state index contributed by atoms with van der Waals surface area (Å²) in [4.78, 5) is 22.2. The van der Waals surface area contributed by atoms with Crippen LogP contribution in [0.15, 0.2) is 62.5 Å². The number of nitrogens with one attached hydrogen (secondary N) is 4. The summed E-state index contributed by atoms with van der Waals surface area (Å²) in [5, 5.41) is 34.3. The summed E-state index contributed by atoms with van der Waals surface area (Å²) in [5.74, 6) is -2.30. The van der Waals surface area contributed by atoms with Crippen molar-refractivity contribution in [3.05, 3.63) is 64.8 Å². The molecule has 4 rings (SSSR count). The summed E-state index contributed by atoms with van der Waals surface area (Å²) in [6.45, 7) is 2.38. The number of halogens is 3. The number of carboxylic acids is 1. The Kier molecular flexibility index (Phi) is 12.3. The van der Waals surface area contributed by atoms with Gasteiger partial charge in [0.2, 0.25) is 9.84 Å². The molecule has 2 amide bonds. The number of H-pyrrole nitrogens is 1. The zero-order valence-corrected chi connectivity index (χ0v) is 26.8. The lowest BCUT2D eigenvalue weighted by atomic mass is 9.98. The number of rotatable bonds is 11. The van der Waals surface area contributed by atoms with Crippen LogP contribution in [0.25, 0.3) is 11.1 Å². The van der Waals surface area contributed by atoms with Gasteiger partial charge in [-0.3, -0.25) is 5.41 Å². The predicted molar refractivity (Wildman–Crippen MR) is 167 cm³/mol. The minimum Gasteiger partial charge on any atom is -0.475 e. The fraction of sp³-hybridized carbons (Fsp3) is 0.259. The number of aromatic amines is 1. The Labute approximate surface area is 269 Å². The van der Waals surface area contributed by atoms with E-state index in [1.165, 1.54) is 29.2 Å². The number of urea groups is 1. The summed E-state index contributed by atoms with van der Waals surface area (Å²) < 4.78 is 59.5. The van der Waals surface area contributed by atoms with Crippen LogP contribution in [0, 0.1) is 12.3 Å². The number of thioether (sulfide) groups is 1. The third-order valence-electron chi connectivity index (χ3n) is 6.10. The van der Waals surface area contributed by atoms with Crippen molar-refractivity contribution in [1.82, 2.24) is 25.9 Å². The number of tetrazole rings is 1.